The second kappa shape index (κ2) is 10.6. The van der Waals surface area contributed by atoms with E-state index in [4.69, 9.17) is 0 Å². The highest BCUT2D eigenvalue weighted by Crippen LogP contribution is 2.01. The maximum atomic E-state index is 2.25. The van der Waals surface area contributed by atoms with E-state index in [9.17, 15) is 0 Å². The normalized spacial score (nSPS) is 16.2. The summed E-state index contributed by atoms with van der Waals surface area (Å²) in [6.07, 6.45) is 8.40. The molecule has 0 aliphatic carbocycles. The third-order valence-corrected chi connectivity index (χ3v) is 2.69. The fourth-order valence-electron chi connectivity index (χ4n) is 1.59. The summed E-state index contributed by atoms with van der Waals surface area (Å²) < 4.78 is 0. The van der Waals surface area contributed by atoms with E-state index in [1.54, 1.807) is 0 Å². The number of nitrogens with zero attached hydrogens (tertiary/aromatic N) is 4. The van der Waals surface area contributed by atoms with E-state index in [0.29, 0.717) is 0 Å². The van der Waals surface area contributed by atoms with E-state index in [0.717, 1.165) is 26.4 Å². The van der Waals surface area contributed by atoms with E-state index >= 15 is 0 Å². The first-order valence-corrected chi connectivity index (χ1v) is 5.91. The fourth-order valence-corrected chi connectivity index (χ4v) is 1.59. The predicted molar refractivity (Wildman–Crippen MR) is 88.9 cm³/mol. The quantitative estimate of drug-likeness (QED) is 0.723. The minimum absolute atomic E-state index is 0. The van der Waals surface area contributed by atoms with E-state index < -0.39 is 0 Å². The largest absolute Gasteiger partial charge is 0.362 e. The molecule has 0 aromatic rings. The van der Waals surface area contributed by atoms with Crippen molar-refractivity contribution in [3.63, 3.8) is 0 Å². The summed E-state index contributed by atoms with van der Waals surface area (Å²) in [7, 11) is 4.15. The smallest absolute Gasteiger partial charge is 0.0890 e. The lowest BCUT2D eigenvalue weighted by Gasteiger charge is -2.14. The highest BCUT2D eigenvalue weighted by Gasteiger charge is 2.03. The second-order valence-electron chi connectivity index (χ2n) is 4.20. The minimum Gasteiger partial charge on any atom is -0.362 e. The Balaban J connectivity index is 0. The zero-order valence-corrected chi connectivity index (χ0v) is 15.2. The van der Waals surface area contributed by atoms with Crippen molar-refractivity contribution in [2.45, 2.75) is 13.8 Å². The van der Waals surface area contributed by atoms with Crippen molar-refractivity contribution in [3.05, 3.63) is 24.8 Å². The Morgan fingerprint density at radius 3 is 1.17 bits per heavy atom. The van der Waals surface area contributed by atoms with Crippen LogP contribution >= 0.6 is 34.0 Å². The first-order chi connectivity index (χ1) is 7.65. The van der Waals surface area contributed by atoms with Crippen LogP contribution in [0.3, 0.4) is 0 Å². The molecule has 0 saturated carbocycles. The van der Waals surface area contributed by atoms with Crippen LogP contribution in [-0.4, -0.2) is 60.1 Å². The molecule has 0 aromatic heterocycles. The minimum atomic E-state index is 0. The van der Waals surface area contributed by atoms with Crippen molar-refractivity contribution in [2.24, 2.45) is 0 Å². The van der Waals surface area contributed by atoms with E-state index in [1.165, 1.54) is 0 Å². The molecule has 0 radical (unpaired) electrons. The van der Waals surface area contributed by atoms with Gasteiger partial charge in [0.25, 0.3) is 0 Å². The predicted octanol–water partition coefficient (Wildman–Crippen LogP) is 2.52. The molecule has 2 aliphatic rings. The Hall–Kier alpha value is -0.360. The van der Waals surface area contributed by atoms with Crippen molar-refractivity contribution >= 4 is 34.0 Å². The SMILES string of the molecule is Br.Br.CCN1C=CN(C)C1.CCN1C=CN(C)C1. The number of halogens is 2. The van der Waals surface area contributed by atoms with Gasteiger partial charge in [0.2, 0.25) is 0 Å². The molecule has 0 saturated heterocycles. The van der Waals surface area contributed by atoms with Crippen LogP contribution in [0.4, 0.5) is 0 Å². The van der Waals surface area contributed by atoms with Gasteiger partial charge in [0.1, 0.15) is 0 Å². The number of hydrogen-bond donors (Lipinski definition) is 0. The standard InChI is InChI=1S/2C6H12N2.2BrH/c2*1-3-8-5-4-7(2)6-8;;/h2*4-5H,3,6H2,1-2H3;2*1H. The zero-order chi connectivity index (χ0) is 12.0. The first kappa shape index (κ1) is 20.0. The molecular weight excluding hydrogens is 360 g/mol. The lowest BCUT2D eigenvalue weighted by molar-refractivity contribution is 0.308. The third kappa shape index (κ3) is 7.16. The van der Waals surface area contributed by atoms with Crippen LogP contribution in [0.25, 0.3) is 0 Å². The highest BCUT2D eigenvalue weighted by atomic mass is 79.9. The Morgan fingerprint density at radius 2 is 1.06 bits per heavy atom. The molecule has 2 aliphatic heterocycles. The van der Waals surface area contributed by atoms with E-state index in [2.05, 4.69) is 72.3 Å². The van der Waals surface area contributed by atoms with Gasteiger partial charge in [0, 0.05) is 52.0 Å². The summed E-state index contributed by atoms with van der Waals surface area (Å²) in [5, 5.41) is 0. The Kier molecular flexibility index (Phi) is 11.7. The molecule has 0 bridgehead atoms. The average molecular weight is 386 g/mol. The van der Waals surface area contributed by atoms with Crippen LogP contribution in [-0.2, 0) is 0 Å². The molecule has 0 amide bonds. The van der Waals surface area contributed by atoms with Crippen LogP contribution in [0, 0.1) is 0 Å². The Bertz CT molecular complexity index is 232. The number of rotatable bonds is 2. The van der Waals surface area contributed by atoms with Crippen LogP contribution < -0.4 is 0 Å². The summed E-state index contributed by atoms with van der Waals surface area (Å²) in [5.41, 5.74) is 0. The van der Waals surface area contributed by atoms with Crippen molar-refractivity contribution < 1.29 is 0 Å². The summed E-state index contributed by atoms with van der Waals surface area (Å²) in [6.45, 7) is 8.64. The highest BCUT2D eigenvalue weighted by molar-refractivity contribution is 8.93. The molecule has 0 unspecified atom stereocenters. The molecule has 0 N–H and O–H groups in total. The molecular formula is C12H26Br2N4. The molecule has 6 heteroatoms. The van der Waals surface area contributed by atoms with Gasteiger partial charge in [-0.1, -0.05) is 0 Å². The molecule has 108 valence electrons. The molecule has 0 atom stereocenters. The van der Waals surface area contributed by atoms with Crippen LogP contribution in [0.5, 0.6) is 0 Å². The molecule has 0 fully saturated rings. The Labute approximate surface area is 132 Å². The molecule has 0 aromatic carbocycles. The van der Waals surface area contributed by atoms with Gasteiger partial charge in [-0.15, -0.1) is 34.0 Å². The maximum absolute atomic E-state index is 2.25. The maximum Gasteiger partial charge on any atom is 0.0890 e. The van der Waals surface area contributed by atoms with Gasteiger partial charge in [0.05, 0.1) is 13.3 Å². The summed E-state index contributed by atoms with van der Waals surface area (Å²) in [4.78, 5) is 8.81. The molecule has 4 nitrogen and oxygen atoms in total. The molecule has 18 heavy (non-hydrogen) atoms. The molecule has 2 heterocycles. The van der Waals surface area contributed by atoms with Crippen molar-refractivity contribution in [1.29, 1.82) is 0 Å². The van der Waals surface area contributed by atoms with Crippen LogP contribution in [0.1, 0.15) is 13.8 Å². The van der Waals surface area contributed by atoms with Gasteiger partial charge in [-0.2, -0.15) is 0 Å². The van der Waals surface area contributed by atoms with E-state index in [-0.39, 0.29) is 34.0 Å². The van der Waals surface area contributed by atoms with Gasteiger partial charge in [0.15, 0.2) is 0 Å². The van der Waals surface area contributed by atoms with E-state index in [1.807, 2.05) is 0 Å². The fraction of sp³-hybridized carbons (Fsp3) is 0.667. The van der Waals surface area contributed by atoms with Crippen molar-refractivity contribution in [2.75, 3.05) is 40.5 Å². The van der Waals surface area contributed by atoms with Gasteiger partial charge in [-0.25, -0.2) is 0 Å². The average Bonchev–Trinajstić information content (AvgIpc) is 2.88. The zero-order valence-electron chi connectivity index (χ0n) is 11.7. The van der Waals surface area contributed by atoms with Gasteiger partial charge in [-0.3, -0.25) is 0 Å². The van der Waals surface area contributed by atoms with Gasteiger partial charge < -0.3 is 19.6 Å². The van der Waals surface area contributed by atoms with Gasteiger partial charge in [-0.05, 0) is 13.8 Å². The molecule has 0 spiro atoms. The summed E-state index contributed by atoms with van der Waals surface area (Å²) in [5.74, 6) is 0. The monoisotopic (exact) mass is 384 g/mol. The second-order valence-corrected chi connectivity index (χ2v) is 4.20. The van der Waals surface area contributed by atoms with Crippen LogP contribution in [0.2, 0.25) is 0 Å². The van der Waals surface area contributed by atoms with Crippen LogP contribution in [0.15, 0.2) is 24.8 Å². The van der Waals surface area contributed by atoms with Crippen molar-refractivity contribution in [1.82, 2.24) is 19.6 Å². The molecule has 2 rings (SSSR count). The lowest BCUT2D eigenvalue weighted by Crippen LogP contribution is -2.21. The topological polar surface area (TPSA) is 13.0 Å². The lowest BCUT2D eigenvalue weighted by atomic mass is 10.6. The van der Waals surface area contributed by atoms with Gasteiger partial charge >= 0.3 is 0 Å². The summed E-state index contributed by atoms with van der Waals surface area (Å²) >= 11 is 0. The van der Waals surface area contributed by atoms with Crippen molar-refractivity contribution in [3.8, 4) is 0 Å². The Morgan fingerprint density at radius 1 is 0.722 bits per heavy atom. The summed E-state index contributed by atoms with van der Waals surface area (Å²) in [6, 6.07) is 0. The third-order valence-electron chi connectivity index (χ3n) is 2.69. The first-order valence-electron chi connectivity index (χ1n) is 5.91. The number of hydrogen-bond acceptors (Lipinski definition) is 4.